The number of hydrogen-bond acceptors (Lipinski definition) is 4. The molecule has 1 aromatic rings. The lowest BCUT2D eigenvalue weighted by Gasteiger charge is -2.34. The highest BCUT2D eigenvalue weighted by molar-refractivity contribution is 5.49. The van der Waals surface area contributed by atoms with Crippen molar-refractivity contribution in [1.29, 1.82) is 10.5 Å². The number of benzene rings is 1. The molecule has 1 aromatic carbocycles. The van der Waals surface area contributed by atoms with Gasteiger partial charge in [-0.15, -0.1) is 0 Å². The molecule has 0 spiro atoms. The van der Waals surface area contributed by atoms with Crippen LogP contribution < -0.4 is 9.64 Å². The first-order chi connectivity index (χ1) is 9.23. The summed E-state index contributed by atoms with van der Waals surface area (Å²) in [4.78, 5) is 2.21. The summed E-state index contributed by atoms with van der Waals surface area (Å²) in [6.45, 7) is 4.11. The maximum atomic E-state index is 9.09. The van der Waals surface area contributed by atoms with Gasteiger partial charge in [-0.1, -0.05) is 0 Å². The van der Waals surface area contributed by atoms with Gasteiger partial charge in [0.2, 0.25) is 0 Å². The van der Waals surface area contributed by atoms with Crippen molar-refractivity contribution in [3.63, 3.8) is 0 Å². The van der Waals surface area contributed by atoms with E-state index < -0.39 is 5.41 Å². The number of rotatable bonds is 3. The maximum Gasteiger partial charge on any atom is 0.147 e. The molecule has 1 aliphatic rings. The molecule has 0 aromatic heterocycles. The summed E-state index contributed by atoms with van der Waals surface area (Å²) in [5, 5.41) is 18.2. The maximum absolute atomic E-state index is 9.09. The Hall–Kier alpha value is -2.20. The molecule has 0 radical (unpaired) electrons. The smallest absolute Gasteiger partial charge is 0.147 e. The summed E-state index contributed by atoms with van der Waals surface area (Å²) in [5.74, 6) is 0.867. The Morgan fingerprint density at radius 2 is 1.74 bits per heavy atom. The van der Waals surface area contributed by atoms with Gasteiger partial charge < -0.3 is 9.64 Å². The molecule has 0 atom stereocenters. The molecule has 0 aliphatic carbocycles. The molecule has 1 saturated heterocycles. The summed E-state index contributed by atoms with van der Waals surface area (Å²) in [5.41, 5.74) is 0.329. The molecular weight excluding hydrogens is 238 g/mol. The molecule has 0 bridgehead atoms. The molecule has 0 unspecified atom stereocenters. The van der Waals surface area contributed by atoms with Crippen LogP contribution in [0.1, 0.15) is 19.8 Å². The highest BCUT2D eigenvalue weighted by atomic mass is 16.5. The molecule has 1 fully saturated rings. The van der Waals surface area contributed by atoms with Crippen molar-refractivity contribution in [2.24, 2.45) is 5.41 Å². The average Bonchev–Trinajstić information content (AvgIpc) is 2.49. The number of nitriles is 2. The van der Waals surface area contributed by atoms with E-state index in [2.05, 4.69) is 17.0 Å². The molecule has 98 valence electrons. The standard InChI is InChI=1S/C15H17N3O/c1-2-19-14-5-3-13(4-6-14)18-9-7-15(11-16,12-17)8-10-18/h3-6H,2,7-10H2,1H3. The zero-order valence-corrected chi connectivity index (χ0v) is 11.1. The van der Waals surface area contributed by atoms with E-state index in [-0.39, 0.29) is 0 Å². The third-order valence-corrected chi connectivity index (χ3v) is 3.56. The second kappa shape index (κ2) is 5.63. The fraction of sp³-hybridized carbons (Fsp3) is 0.467. The third-order valence-electron chi connectivity index (χ3n) is 3.56. The number of ether oxygens (including phenoxy) is 1. The first-order valence-corrected chi connectivity index (χ1v) is 6.53. The predicted octanol–water partition coefficient (Wildman–Crippen LogP) is 2.72. The van der Waals surface area contributed by atoms with Gasteiger partial charge in [-0.05, 0) is 44.0 Å². The topological polar surface area (TPSA) is 60.0 Å². The van der Waals surface area contributed by atoms with Crippen LogP contribution in [0.2, 0.25) is 0 Å². The van der Waals surface area contributed by atoms with Gasteiger partial charge in [-0.25, -0.2) is 0 Å². The summed E-state index contributed by atoms with van der Waals surface area (Å²) in [7, 11) is 0. The van der Waals surface area contributed by atoms with Gasteiger partial charge in [0.25, 0.3) is 0 Å². The van der Waals surface area contributed by atoms with Crippen molar-refractivity contribution in [3.8, 4) is 17.9 Å². The van der Waals surface area contributed by atoms with Crippen LogP contribution in [0.4, 0.5) is 5.69 Å². The summed E-state index contributed by atoms with van der Waals surface area (Å²) >= 11 is 0. The fourth-order valence-corrected chi connectivity index (χ4v) is 2.32. The van der Waals surface area contributed by atoms with Crippen LogP contribution in [-0.4, -0.2) is 19.7 Å². The number of piperidine rings is 1. The van der Waals surface area contributed by atoms with Crippen LogP contribution in [0.5, 0.6) is 5.75 Å². The van der Waals surface area contributed by atoms with Crippen LogP contribution in [0, 0.1) is 28.1 Å². The van der Waals surface area contributed by atoms with Crippen LogP contribution in [0.15, 0.2) is 24.3 Å². The largest absolute Gasteiger partial charge is 0.494 e. The molecule has 4 heteroatoms. The molecule has 1 heterocycles. The lowest BCUT2D eigenvalue weighted by Crippen LogP contribution is -2.38. The molecule has 0 N–H and O–H groups in total. The molecule has 4 nitrogen and oxygen atoms in total. The lowest BCUT2D eigenvalue weighted by atomic mass is 9.81. The molecule has 2 rings (SSSR count). The second-order valence-electron chi connectivity index (χ2n) is 4.72. The Bertz CT molecular complexity index is 486. The first-order valence-electron chi connectivity index (χ1n) is 6.53. The van der Waals surface area contributed by atoms with E-state index >= 15 is 0 Å². The number of hydrogen-bond donors (Lipinski definition) is 0. The summed E-state index contributed by atoms with van der Waals surface area (Å²) < 4.78 is 5.41. The van der Waals surface area contributed by atoms with Crippen molar-refractivity contribution in [3.05, 3.63) is 24.3 Å². The van der Waals surface area contributed by atoms with Crippen molar-refractivity contribution >= 4 is 5.69 Å². The zero-order chi connectivity index (χ0) is 13.7. The van der Waals surface area contributed by atoms with Crippen molar-refractivity contribution in [2.45, 2.75) is 19.8 Å². The van der Waals surface area contributed by atoms with Crippen LogP contribution >= 0.6 is 0 Å². The lowest BCUT2D eigenvalue weighted by molar-refractivity contribution is 0.340. The monoisotopic (exact) mass is 255 g/mol. The minimum atomic E-state index is -0.790. The first kappa shape index (κ1) is 13.2. The van der Waals surface area contributed by atoms with Crippen LogP contribution in [-0.2, 0) is 0 Å². The van der Waals surface area contributed by atoms with Gasteiger partial charge >= 0.3 is 0 Å². The van der Waals surface area contributed by atoms with Gasteiger partial charge in [0, 0.05) is 18.8 Å². The molecule has 19 heavy (non-hydrogen) atoms. The molecule has 1 aliphatic heterocycles. The van der Waals surface area contributed by atoms with E-state index in [1.807, 2.05) is 31.2 Å². The van der Waals surface area contributed by atoms with Gasteiger partial charge in [-0.3, -0.25) is 0 Å². The van der Waals surface area contributed by atoms with E-state index in [4.69, 9.17) is 15.3 Å². The van der Waals surface area contributed by atoms with Crippen molar-refractivity contribution < 1.29 is 4.74 Å². The highest BCUT2D eigenvalue weighted by Gasteiger charge is 2.34. The Morgan fingerprint density at radius 1 is 1.16 bits per heavy atom. The Balaban J connectivity index is 2.02. The van der Waals surface area contributed by atoms with Crippen LogP contribution in [0.25, 0.3) is 0 Å². The summed E-state index contributed by atoms with van der Waals surface area (Å²) in [6, 6.07) is 12.3. The van der Waals surface area contributed by atoms with Gasteiger partial charge in [0.05, 0.1) is 18.7 Å². The van der Waals surface area contributed by atoms with E-state index in [1.165, 1.54) is 0 Å². The van der Waals surface area contributed by atoms with E-state index in [9.17, 15) is 0 Å². The van der Waals surface area contributed by atoms with E-state index in [0.29, 0.717) is 19.4 Å². The minimum Gasteiger partial charge on any atom is -0.494 e. The Kier molecular flexibility index (Phi) is 3.92. The third kappa shape index (κ3) is 2.80. The van der Waals surface area contributed by atoms with Gasteiger partial charge in [0.1, 0.15) is 11.2 Å². The van der Waals surface area contributed by atoms with Gasteiger partial charge in [0.15, 0.2) is 0 Å². The van der Waals surface area contributed by atoms with Crippen molar-refractivity contribution in [1.82, 2.24) is 0 Å². The van der Waals surface area contributed by atoms with Crippen LogP contribution in [0.3, 0.4) is 0 Å². The quantitative estimate of drug-likeness (QED) is 0.833. The normalized spacial score (nSPS) is 17.3. The average molecular weight is 255 g/mol. The molecule has 0 saturated carbocycles. The minimum absolute atomic E-state index is 0.604. The van der Waals surface area contributed by atoms with Gasteiger partial charge in [-0.2, -0.15) is 10.5 Å². The number of anilines is 1. The zero-order valence-electron chi connectivity index (χ0n) is 11.1. The van der Waals surface area contributed by atoms with Crippen molar-refractivity contribution in [2.75, 3.05) is 24.6 Å². The van der Waals surface area contributed by atoms with E-state index in [1.54, 1.807) is 0 Å². The Morgan fingerprint density at radius 3 is 2.21 bits per heavy atom. The highest BCUT2D eigenvalue weighted by Crippen LogP contribution is 2.32. The molecular formula is C15H17N3O. The van der Waals surface area contributed by atoms with E-state index in [0.717, 1.165) is 24.5 Å². The predicted molar refractivity (Wildman–Crippen MR) is 72.7 cm³/mol. The number of nitrogens with zero attached hydrogens (tertiary/aromatic N) is 3. The Labute approximate surface area is 113 Å². The molecule has 0 amide bonds. The summed E-state index contributed by atoms with van der Waals surface area (Å²) in [6.07, 6.45) is 1.21. The SMILES string of the molecule is CCOc1ccc(N2CCC(C#N)(C#N)CC2)cc1. The second-order valence-corrected chi connectivity index (χ2v) is 4.72. The fourth-order valence-electron chi connectivity index (χ4n) is 2.32.